The summed E-state index contributed by atoms with van der Waals surface area (Å²) >= 11 is 0. The van der Waals surface area contributed by atoms with E-state index in [1.165, 1.54) is 12.5 Å². The Labute approximate surface area is 92.3 Å². The SMILES string of the molecule is Cc1ccc(F)cc1C1(c2ncon2)CC1. The standard InChI is InChI=1S/C12H11FN2O/c1-8-2-3-9(13)6-10(8)12(4-5-12)11-14-7-16-15-11/h2-3,6-7H,4-5H2,1H3. The first-order valence-corrected chi connectivity index (χ1v) is 5.26. The Morgan fingerprint density at radius 1 is 1.38 bits per heavy atom. The molecule has 4 heteroatoms. The van der Waals surface area contributed by atoms with Crippen molar-refractivity contribution < 1.29 is 8.91 Å². The highest BCUT2D eigenvalue weighted by molar-refractivity contribution is 5.43. The topological polar surface area (TPSA) is 38.9 Å². The third-order valence-electron chi connectivity index (χ3n) is 3.25. The van der Waals surface area contributed by atoms with Gasteiger partial charge in [-0.1, -0.05) is 11.2 Å². The number of nitrogens with zero attached hydrogens (tertiary/aromatic N) is 2. The first-order valence-electron chi connectivity index (χ1n) is 5.26. The molecule has 0 saturated heterocycles. The van der Waals surface area contributed by atoms with Crippen LogP contribution in [0.15, 0.2) is 29.1 Å². The molecule has 0 aliphatic heterocycles. The van der Waals surface area contributed by atoms with Crippen LogP contribution in [0.3, 0.4) is 0 Å². The number of hydrogen-bond acceptors (Lipinski definition) is 3. The summed E-state index contributed by atoms with van der Waals surface area (Å²) in [5.41, 5.74) is 1.84. The molecular formula is C12H11FN2O. The van der Waals surface area contributed by atoms with Crippen LogP contribution < -0.4 is 0 Å². The normalized spacial score (nSPS) is 17.4. The van der Waals surface area contributed by atoms with Crippen molar-refractivity contribution in [3.05, 3.63) is 47.4 Å². The summed E-state index contributed by atoms with van der Waals surface area (Å²) in [6.45, 7) is 1.98. The number of rotatable bonds is 2. The molecule has 0 spiro atoms. The molecule has 2 aromatic rings. The summed E-state index contributed by atoms with van der Waals surface area (Å²) in [7, 11) is 0. The highest BCUT2D eigenvalue weighted by Crippen LogP contribution is 2.53. The second-order valence-corrected chi connectivity index (χ2v) is 4.30. The summed E-state index contributed by atoms with van der Waals surface area (Å²) in [6, 6.07) is 4.86. The maximum atomic E-state index is 13.3. The first-order chi connectivity index (χ1) is 7.72. The van der Waals surface area contributed by atoms with Crippen molar-refractivity contribution in [2.24, 2.45) is 0 Å². The highest BCUT2D eigenvalue weighted by atomic mass is 19.1. The van der Waals surface area contributed by atoms with Gasteiger partial charge in [0, 0.05) is 0 Å². The van der Waals surface area contributed by atoms with E-state index in [-0.39, 0.29) is 11.2 Å². The van der Waals surface area contributed by atoms with Crippen LogP contribution in [-0.4, -0.2) is 10.1 Å². The first kappa shape index (κ1) is 9.51. The average Bonchev–Trinajstić information content (AvgIpc) is 2.89. The molecule has 1 fully saturated rings. The van der Waals surface area contributed by atoms with Crippen LogP contribution in [0.5, 0.6) is 0 Å². The number of hydrogen-bond donors (Lipinski definition) is 0. The zero-order valence-electron chi connectivity index (χ0n) is 8.90. The van der Waals surface area contributed by atoms with Gasteiger partial charge in [0.05, 0.1) is 5.41 Å². The highest BCUT2D eigenvalue weighted by Gasteiger charge is 2.50. The number of halogens is 1. The second kappa shape index (κ2) is 3.14. The average molecular weight is 218 g/mol. The molecular weight excluding hydrogens is 207 g/mol. The molecule has 0 N–H and O–H groups in total. The zero-order chi connectivity index (χ0) is 11.2. The Bertz CT molecular complexity index is 518. The van der Waals surface area contributed by atoms with Gasteiger partial charge in [0.1, 0.15) is 5.82 Å². The van der Waals surface area contributed by atoms with E-state index in [1.807, 2.05) is 6.92 Å². The molecule has 0 amide bonds. The lowest BCUT2D eigenvalue weighted by Gasteiger charge is -2.14. The molecule has 16 heavy (non-hydrogen) atoms. The van der Waals surface area contributed by atoms with Crippen LogP contribution in [-0.2, 0) is 5.41 Å². The van der Waals surface area contributed by atoms with E-state index in [0.29, 0.717) is 5.82 Å². The Morgan fingerprint density at radius 2 is 2.19 bits per heavy atom. The minimum atomic E-state index is -0.213. The van der Waals surface area contributed by atoms with Gasteiger partial charge in [0.25, 0.3) is 0 Å². The van der Waals surface area contributed by atoms with Gasteiger partial charge in [-0.25, -0.2) is 4.39 Å². The maximum absolute atomic E-state index is 13.3. The lowest BCUT2D eigenvalue weighted by Crippen LogP contribution is -2.12. The van der Waals surface area contributed by atoms with E-state index >= 15 is 0 Å². The third-order valence-corrected chi connectivity index (χ3v) is 3.25. The summed E-state index contributed by atoms with van der Waals surface area (Å²) < 4.78 is 18.1. The number of aromatic nitrogens is 2. The summed E-state index contributed by atoms with van der Waals surface area (Å²) in [6.07, 6.45) is 3.23. The van der Waals surface area contributed by atoms with E-state index in [9.17, 15) is 4.39 Å². The molecule has 0 bridgehead atoms. The van der Waals surface area contributed by atoms with E-state index in [1.54, 1.807) is 12.1 Å². The van der Waals surface area contributed by atoms with Crippen LogP contribution in [0.1, 0.15) is 29.8 Å². The van der Waals surface area contributed by atoms with Crippen LogP contribution in [0.25, 0.3) is 0 Å². The molecule has 0 unspecified atom stereocenters. The third kappa shape index (κ3) is 1.26. The minimum Gasteiger partial charge on any atom is -0.343 e. The Balaban J connectivity index is 2.13. The predicted molar refractivity (Wildman–Crippen MR) is 55.4 cm³/mol. The van der Waals surface area contributed by atoms with Gasteiger partial charge in [-0.3, -0.25) is 0 Å². The lowest BCUT2D eigenvalue weighted by molar-refractivity contribution is 0.405. The number of aryl methyl sites for hydroxylation is 1. The van der Waals surface area contributed by atoms with Crippen molar-refractivity contribution in [3.8, 4) is 0 Å². The largest absolute Gasteiger partial charge is 0.343 e. The fourth-order valence-corrected chi connectivity index (χ4v) is 2.23. The second-order valence-electron chi connectivity index (χ2n) is 4.30. The van der Waals surface area contributed by atoms with Gasteiger partial charge >= 0.3 is 0 Å². The molecule has 0 radical (unpaired) electrons. The molecule has 1 aliphatic rings. The molecule has 1 aromatic carbocycles. The van der Waals surface area contributed by atoms with Crippen molar-refractivity contribution in [2.75, 3.05) is 0 Å². The van der Waals surface area contributed by atoms with E-state index in [4.69, 9.17) is 4.52 Å². The molecule has 3 nitrogen and oxygen atoms in total. The zero-order valence-corrected chi connectivity index (χ0v) is 8.90. The van der Waals surface area contributed by atoms with Gasteiger partial charge in [-0.15, -0.1) is 0 Å². The fourth-order valence-electron chi connectivity index (χ4n) is 2.23. The van der Waals surface area contributed by atoms with Gasteiger partial charge in [0.2, 0.25) is 6.39 Å². The van der Waals surface area contributed by atoms with Crippen molar-refractivity contribution in [1.29, 1.82) is 0 Å². The molecule has 1 aliphatic carbocycles. The number of benzene rings is 1. The molecule has 3 rings (SSSR count). The molecule has 0 atom stereocenters. The Hall–Kier alpha value is -1.71. The van der Waals surface area contributed by atoms with E-state index in [0.717, 1.165) is 24.0 Å². The summed E-state index contributed by atoms with van der Waals surface area (Å²) in [4.78, 5) is 4.10. The molecule has 1 saturated carbocycles. The van der Waals surface area contributed by atoms with E-state index in [2.05, 4.69) is 10.1 Å². The summed E-state index contributed by atoms with van der Waals surface area (Å²) in [5.74, 6) is 0.455. The molecule has 1 heterocycles. The van der Waals surface area contributed by atoms with Gasteiger partial charge in [-0.05, 0) is 43.0 Å². The fraction of sp³-hybridized carbons (Fsp3) is 0.333. The van der Waals surface area contributed by atoms with Crippen LogP contribution in [0.4, 0.5) is 4.39 Å². The van der Waals surface area contributed by atoms with Gasteiger partial charge in [0.15, 0.2) is 5.82 Å². The Morgan fingerprint density at radius 3 is 2.81 bits per heavy atom. The summed E-state index contributed by atoms with van der Waals surface area (Å²) in [5, 5.41) is 3.89. The van der Waals surface area contributed by atoms with Crippen LogP contribution in [0.2, 0.25) is 0 Å². The van der Waals surface area contributed by atoms with Crippen molar-refractivity contribution >= 4 is 0 Å². The van der Waals surface area contributed by atoms with Crippen molar-refractivity contribution in [2.45, 2.75) is 25.2 Å². The van der Waals surface area contributed by atoms with Gasteiger partial charge in [-0.2, -0.15) is 4.98 Å². The van der Waals surface area contributed by atoms with Crippen LogP contribution in [0, 0.1) is 12.7 Å². The minimum absolute atomic E-state index is 0.209. The quantitative estimate of drug-likeness (QED) is 0.777. The van der Waals surface area contributed by atoms with Crippen LogP contribution >= 0.6 is 0 Å². The van der Waals surface area contributed by atoms with E-state index < -0.39 is 0 Å². The maximum Gasteiger partial charge on any atom is 0.213 e. The molecule has 82 valence electrons. The monoisotopic (exact) mass is 218 g/mol. The Kier molecular flexibility index (Phi) is 1.87. The van der Waals surface area contributed by atoms with Crippen molar-refractivity contribution in [3.63, 3.8) is 0 Å². The van der Waals surface area contributed by atoms with Gasteiger partial charge < -0.3 is 4.52 Å². The van der Waals surface area contributed by atoms with Crippen molar-refractivity contribution in [1.82, 2.24) is 10.1 Å². The predicted octanol–water partition coefficient (Wildman–Crippen LogP) is 2.60. The molecule has 1 aromatic heterocycles. The lowest BCUT2D eigenvalue weighted by atomic mass is 9.91. The smallest absolute Gasteiger partial charge is 0.213 e.